The molecule has 19 heavy (non-hydrogen) atoms. The van der Waals surface area contributed by atoms with Crippen LogP contribution in [0, 0.1) is 5.92 Å². The first-order chi connectivity index (χ1) is 9.33. The van der Waals surface area contributed by atoms with Gasteiger partial charge in [0.1, 0.15) is 0 Å². The molecule has 2 aromatic rings. The van der Waals surface area contributed by atoms with E-state index in [1.54, 1.807) is 18.4 Å². The van der Waals surface area contributed by atoms with Gasteiger partial charge in [-0.3, -0.25) is 11.3 Å². The van der Waals surface area contributed by atoms with Gasteiger partial charge in [0, 0.05) is 11.8 Å². The lowest BCUT2D eigenvalue weighted by Crippen LogP contribution is -2.47. The molecule has 1 fully saturated rings. The Morgan fingerprint density at radius 3 is 2.89 bits per heavy atom. The van der Waals surface area contributed by atoms with E-state index in [1.807, 2.05) is 0 Å². The van der Waals surface area contributed by atoms with Crippen molar-refractivity contribution in [1.29, 1.82) is 0 Å². The molecular formula is C15H20N2OS. The Morgan fingerprint density at radius 2 is 2.21 bits per heavy atom. The van der Waals surface area contributed by atoms with Gasteiger partial charge in [0.05, 0.1) is 12.1 Å². The lowest BCUT2D eigenvalue weighted by Gasteiger charge is -2.25. The molecule has 2 unspecified atom stereocenters. The summed E-state index contributed by atoms with van der Waals surface area (Å²) in [5.74, 6) is 6.43. The molecule has 3 N–H and O–H groups in total. The number of nitrogens with one attached hydrogen (secondary N) is 1. The van der Waals surface area contributed by atoms with Crippen LogP contribution in [0.25, 0.3) is 10.1 Å². The molecule has 1 heterocycles. The third-order valence-electron chi connectivity index (χ3n) is 3.97. The summed E-state index contributed by atoms with van der Waals surface area (Å²) in [6.07, 6.45) is 3.68. The lowest BCUT2D eigenvalue weighted by atomic mass is 9.98. The topological polar surface area (TPSA) is 47.3 Å². The molecule has 0 aliphatic heterocycles. The molecule has 1 aromatic carbocycles. The second kappa shape index (κ2) is 5.59. The minimum absolute atomic E-state index is 0.190. The molecule has 1 aromatic heterocycles. The van der Waals surface area contributed by atoms with Crippen molar-refractivity contribution < 1.29 is 4.74 Å². The normalized spacial score (nSPS) is 18.6. The molecule has 1 aliphatic carbocycles. The van der Waals surface area contributed by atoms with Crippen LogP contribution in [-0.2, 0) is 11.2 Å². The lowest BCUT2D eigenvalue weighted by molar-refractivity contribution is 0.0512. The summed E-state index contributed by atoms with van der Waals surface area (Å²) in [4.78, 5) is 0. The molecule has 0 bridgehead atoms. The smallest absolute Gasteiger partial charge is 0.0769 e. The molecule has 102 valence electrons. The van der Waals surface area contributed by atoms with E-state index in [0.717, 1.165) is 6.42 Å². The number of ether oxygens (including phenoxy) is 1. The summed E-state index contributed by atoms with van der Waals surface area (Å²) in [7, 11) is 1.79. The fourth-order valence-corrected chi connectivity index (χ4v) is 3.78. The third-order valence-corrected chi connectivity index (χ3v) is 4.98. The van der Waals surface area contributed by atoms with Gasteiger partial charge in [-0.15, -0.1) is 11.3 Å². The zero-order chi connectivity index (χ0) is 13.2. The molecule has 0 amide bonds. The Morgan fingerprint density at radius 1 is 1.42 bits per heavy atom. The molecule has 2 atom stereocenters. The molecule has 1 aliphatic rings. The predicted octanol–water partition coefficient (Wildman–Crippen LogP) is 2.70. The summed E-state index contributed by atoms with van der Waals surface area (Å²) in [5.41, 5.74) is 4.32. The summed E-state index contributed by atoms with van der Waals surface area (Å²) < 4.78 is 6.99. The maximum absolute atomic E-state index is 5.75. The Kier molecular flexibility index (Phi) is 3.84. The highest BCUT2D eigenvalue weighted by molar-refractivity contribution is 7.17. The van der Waals surface area contributed by atoms with Crippen molar-refractivity contribution in [3.05, 3.63) is 35.2 Å². The fraction of sp³-hybridized carbons (Fsp3) is 0.467. The van der Waals surface area contributed by atoms with E-state index in [1.165, 1.54) is 28.5 Å². The maximum Gasteiger partial charge on any atom is 0.0769 e. The number of methoxy groups -OCH3 is 1. The van der Waals surface area contributed by atoms with Gasteiger partial charge in [0.2, 0.25) is 0 Å². The van der Waals surface area contributed by atoms with E-state index in [-0.39, 0.29) is 12.1 Å². The number of fused-ring (bicyclic) bond motifs is 1. The quantitative estimate of drug-likeness (QED) is 0.630. The van der Waals surface area contributed by atoms with Crippen molar-refractivity contribution in [2.24, 2.45) is 11.8 Å². The minimum Gasteiger partial charge on any atom is -0.379 e. The van der Waals surface area contributed by atoms with Crippen molar-refractivity contribution in [2.75, 3.05) is 7.11 Å². The number of hydrazine groups is 1. The summed E-state index contributed by atoms with van der Waals surface area (Å²) in [6, 6.07) is 8.73. The Balaban J connectivity index is 1.81. The molecule has 3 rings (SSSR count). The van der Waals surface area contributed by atoms with E-state index in [9.17, 15) is 0 Å². The summed E-state index contributed by atoms with van der Waals surface area (Å²) in [6.45, 7) is 0. The van der Waals surface area contributed by atoms with Crippen molar-refractivity contribution in [3.63, 3.8) is 0 Å². The number of hydrogen-bond donors (Lipinski definition) is 2. The van der Waals surface area contributed by atoms with Crippen LogP contribution in [-0.4, -0.2) is 19.3 Å². The van der Waals surface area contributed by atoms with Crippen LogP contribution in [0.4, 0.5) is 0 Å². The minimum atomic E-state index is 0.190. The van der Waals surface area contributed by atoms with Crippen LogP contribution < -0.4 is 11.3 Å². The van der Waals surface area contributed by atoms with Crippen molar-refractivity contribution >= 4 is 21.4 Å². The van der Waals surface area contributed by atoms with Crippen LogP contribution in [0.1, 0.15) is 18.4 Å². The van der Waals surface area contributed by atoms with Gasteiger partial charge in [-0.05, 0) is 47.6 Å². The highest BCUT2D eigenvalue weighted by Crippen LogP contribution is 2.37. The van der Waals surface area contributed by atoms with Gasteiger partial charge >= 0.3 is 0 Å². The Hall–Kier alpha value is -0.940. The average Bonchev–Trinajstić information content (AvgIpc) is 3.20. The van der Waals surface area contributed by atoms with Gasteiger partial charge in [-0.1, -0.05) is 18.2 Å². The predicted molar refractivity (Wildman–Crippen MR) is 80.2 cm³/mol. The Labute approximate surface area is 117 Å². The molecule has 1 saturated carbocycles. The first kappa shape index (κ1) is 13.1. The molecule has 3 nitrogen and oxygen atoms in total. The molecule has 0 saturated heterocycles. The molecule has 0 radical (unpaired) electrons. The van der Waals surface area contributed by atoms with Gasteiger partial charge < -0.3 is 4.74 Å². The van der Waals surface area contributed by atoms with Crippen molar-refractivity contribution in [2.45, 2.75) is 31.4 Å². The summed E-state index contributed by atoms with van der Waals surface area (Å²) in [5, 5.41) is 3.59. The van der Waals surface area contributed by atoms with Crippen molar-refractivity contribution in [1.82, 2.24) is 5.43 Å². The average molecular weight is 276 g/mol. The SMILES string of the molecule is COC(C1CC1)C(Cc1csc2ccccc12)NN. The highest BCUT2D eigenvalue weighted by atomic mass is 32.1. The zero-order valence-electron chi connectivity index (χ0n) is 11.1. The monoisotopic (exact) mass is 276 g/mol. The van der Waals surface area contributed by atoms with E-state index in [0.29, 0.717) is 5.92 Å². The van der Waals surface area contributed by atoms with E-state index >= 15 is 0 Å². The van der Waals surface area contributed by atoms with Crippen LogP contribution in [0.2, 0.25) is 0 Å². The maximum atomic E-state index is 5.75. The van der Waals surface area contributed by atoms with Crippen LogP contribution in [0.5, 0.6) is 0 Å². The second-order valence-corrected chi connectivity index (χ2v) is 6.18. The van der Waals surface area contributed by atoms with Crippen molar-refractivity contribution in [3.8, 4) is 0 Å². The number of rotatable bonds is 6. The summed E-state index contributed by atoms with van der Waals surface area (Å²) >= 11 is 1.80. The van der Waals surface area contributed by atoms with Crippen LogP contribution >= 0.6 is 11.3 Å². The first-order valence-electron chi connectivity index (χ1n) is 6.77. The zero-order valence-corrected chi connectivity index (χ0v) is 12.0. The third kappa shape index (κ3) is 2.67. The molecular weight excluding hydrogens is 256 g/mol. The van der Waals surface area contributed by atoms with E-state index in [4.69, 9.17) is 10.6 Å². The van der Waals surface area contributed by atoms with Gasteiger partial charge in [-0.2, -0.15) is 0 Å². The number of hydrogen-bond acceptors (Lipinski definition) is 4. The first-order valence-corrected chi connectivity index (χ1v) is 7.65. The molecule has 4 heteroatoms. The van der Waals surface area contributed by atoms with Gasteiger partial charge in [-0.25, -0.2) is 0 Å². The van der Waals surface area contributed by atoms with Gasteiger partial charge in [0.25, 0.3) is 0 Å². The van der Waals surface area contributed by atoms with Crippen LogP contribution in [0.15, 0.2) is 29.6 Å². The number of nitrogens with two attached hydrogens (primary N) is 1. The fourth-order valence-electron chi connectivity index (χ4n) is 2.81. The highest BCUT2D eigenvalue weighted by Gasteiger charge is 2.36. The second-order valence-electron chi connectivity index (χ2n) is 5.27. The Bertz CT molecular complexity index is 550. The van der Waals surface area contributed by atoms with E-state index in [2.05, 4.69) is 35.1 Å². The van der Waals surface area contributed by atoms with Gasteiger partial charge in [0.15, 0.2) is 0 Å². The van der Waals surface area contributed by atoms with Crippen LogP contribution in [0.3, 0.4) is 0 Å². The standard InChI is InChI=1S/C15H20N2OS/c1-18-15(10-6-7-10)13(17-16)8-11-9-19-14-5-3-2-4-12(11)14/h2-5,9-10,13,15,17H,6-8,16H2,1H3. The van der Waals surface area contributed by atoms with E-state index < -0.39 is 0 Å². The number of thiophene rings is 1. The largest absolute Gasteiger partial charge is 0.379 e. The number of benzene rings is 1. The molecule has 0 spiro atoms.